The first-order valence-electron chi connectivity index (χ1n) is 7.21. The Balaban J connectivity index is 2.07. The molecule has 0 aromatic heterocycles. The zero-order chi connectivity index (χ0) is 14.0. The van der Waals surface area contributed by atoms with E-state index in [-0.39, 0.29) is 0 Å². The van der Waals surface area contributed by atoms with Gasteiger partial charge in [0.2, 0.25) is 0 Å². The molecule has 0 saturated carbocycles. The summed E-state index contributed by atoms with van der Waals surface area (Å²) in [6.07, 6.45) is 3.00. The first-order valence-corrected chi connectivity index (χ1v) is 7.21. The summed E-state index contributed by atoms with van der Waals surface area (Å²) in [7, 11) is 1.67. The summed E-state index contributed by atoms with van der Waals surface area (Å²) in [6.45, 7) is 3.07. The Labute approximate surface area is 119 Å². The number of nitriles is 1. The summed E-state index contributed by atoms with van der Waals surface area (Å²) in [5, 5.41) is 9.93. The van der Waals surface area contributed by atoms with Crippen LogP contribution in [0.3, 0.4) is 0 Å². The van der Waals surface area contributed by atoms with Crippen LogP contribution < -0.4 is 4.74 Å². The van der Waals surface area contributed by atoms with Crippen molar-refractivity contribution in [2.75, 3.05) is 33.4 Å². The second kappa shape index (κ2) is 5.43. The average molecular weight is 272 g/mol. The molecule has 1 saturated heterocycles. The molecule has 3 rings (SSSR count). The molecule has 1 heterocycles. The maximum absolute atomic E-state index is 9.93. The SMILES string of the molecule is COc1ccc2c(c1)C(C#N)(N1CCOCC1)CCC2. The van der Waals surface area contributed by atoms with Gasteiger partial charge < -0.3 is 9.47 Å². The van der Waals surface area contributed by atoms with Crippen molar-refractivity contribution in [3.05, 3.63) is 29.3 Å². The van der Waals surface area contributed by atoms with E-state index in [1.165, 1.54) is 5.56 Å². The quantitative estimate of drug-likeness (QED) is 0.827. The van der Waals surface area contributed by atoms with Crippen molar-refractivity contribution in [3.63, 3.8) is 0 Å². The summed E-state index contributed by atoms with van der Waals surface area (Å²) in [5.74, 6) is 0.832. The predicted molar refractivity (Wildman–Crippen MR) is 75.6 cm³/mol. The Morgan fingerprint density at radius 2 is 2.15 bits per heavy atom. The van der Waals surface area contributed by atoms with Crippen molar-refractivity contribution >= 4 is 0 Å². The van der Waals surface area contributed by atoms with Gasteiger partial charge in [-0.05, 0) is 42.5 Å². The van der Waals surface area contributed by atoms with Crippen LogP contribution in [0.25, 0.3) is 0 Å². The standard InChI is InChI=1S/C16H20N2O2/c1-19-14-5-4-13-3-2-6-16(12-17,15(13)11-14)18-7-9-20-10-8-18/h4-5,11H,2-3,6-10H2,1H3. The number of rotatable bonds is 2. The number of fused-ring (bicyclic) bond motifs is 1. The van der Waals surface area contributed by atoms with Gasteiger partial charge in [0.25, 0.3) is 0 Å². The molecule has 1 unspecified atom stereocenters. The lowest BCUT2D eigenvalue weighted by Gasteiger charge is -2.44. The molecule has 4 heteroatoms. The number of nitrogens with zero attached hydrogens (tertiary/aromatic N) is 2. The van der Waals surface area contributed by atoms with Crippen molar-refractivity contribution in [1.29, 1.82) is 5.26 Å². The minimum Gasteiger partial charge on any atom is -0.497 e. The zero-order valence-electron chi connectivity index (χ0n) is 11.9. The van der Waals surface area contributed by atoms with Crippen LogP contribution in [0.2, 0.25) is 0 Å². The minimum absolute atomic E-state index is 0.508. The Morgan fingerprint density at radius 3 is 2.85 bits per heavy atom. The highest BCUT2D eigenvalue weighted by Crippen LogP contribution is 2.41. The van der Waals surface area contributed by atoms with E-state index in [2.05, 4.69) is 17.0 Å². The predicted octanol–water partition coefficient (Wildman–Crippen LogP) is 2.08. The second-order valence-corrected chi connectivity index (χ2v) is 5.45. The molecule has 20 heavy (non-hydrogen) atoms. The summed E-state index contributed by atoms with van der Waals surface area (Å²) >= 11 is 0. The third kappa shape index (κ3) is 2.07. The Kier molecular flexibility index (Phi) is 3.64. The largest absolute Gasteiger partial charge is 0.497 e. The first-order chi connectivity index (χ1) is 9.80. The number of ether oxygens (including phenoxy) is 2. The molecule has 1 fully saturated rings. The monoisotopic (exact) mass is 272 g/mol. The number of hydrogen-bond acceptors (Lipinski definition) is 4. The topological polar surface area (TPSA) is 45.5 Å². The fraction of sp³-hybridized carbons (Fsp3) is 0.562. The molecule has 0 N–H and O–H groups in total. The van der Waals surface area contributed by atoms with Gasteiger partial charge in [0.15, 0.2) is 0 Å². The molecule has 106 valence electrons. The minimum atomic E-state index is -0.508. The van der Waals surface area contributed by atoms with Crippen LogP contribution in [0.5, 0.6) is 5.75 Å². The molecule has 0 amide bonds. The molecule has 1 atom stereocenters. The average Bonchev–Trinajstić information content (AvgIpc) is 2.54. The Hall–Kier alpha value is -1.57. The van der Waals surface area contributed by atoms with Crippen LogP contribution in [0.4, 0.5) is 0 Å². The van der Waals surface area contributed by atoms with Crippen LogP contribution >= 0.6 is 0 Å². The van der Waals surface area contributed by atoms with Gasteiger partial charge in [-0.3, -0.25) is 4.90 Å². The van der Waals surface area contributed by atoms with Gasteiger partial charge in [0.1, 0.15) is 11.3 Å². The van der Waals surface area contributed by atoms with Crippen LogP contribution in [-0.4, -0.2) is 38.3 Å². The van der Waals surface area contributed by atoms with Crippen LogP contribution in [0, 0.1) is 11.3 Å². The van der Waals surface area contributed by atoms with Gasteiger partial charge >= 0.3 is 0 Å². The third-order valence-electron chi connectivity index (χ3n) is 4.48. The van der Waals surface area contributed by atoms with Gasteiger partial charge in [-0.2, -0.15) is 5.26 Å². The zero-order valence-corrected chi connectivity index (χ0v) is 11.9. The van der Waals surface area contributed by atoms with Crippen molar-refractivity contribution in [1.82, 2.24) is 4.90 Å². The normalized spacial score (nSPS) is 26.6. The van der Waals surface area contributed by atoms with Gasteiger partial charge in [-0.25, -0.2) is 0 Å². The summed E-state index contributed by atoms with van der Waals surface area (Å²) < 4.78 is 10.8. The molecule has 0 spiro atoms. The summed E-state index contributed by atoms with van der Waals surface area (Å²) in [6, 6.07) is 8.76. The fourth-order valence-corrected chi connectivity index (χ4v) is 3.42. The smallest absolute Gasteiger partial charge is 0.135 e. The summed E-state index contributed by atoms with van der Waals surface area (Å²) in [5.41, 5.74) is 1.91. The second-order valence-electron chi connectivity index (χ2n) is 5.45. The third-order valence-corrected chi connectivity index (χ3v) is 4.48. The highest BCUT2D eigenvalue weighted by Gasteiger charge is 2.42. The maximum atomic E-state index is 9.93. The lowest BCUT2D eigenvalue weighted by atomic mass is 9.76. The van der Waals surface area contributed by atoms with E-state index in [9.17, 15) is 5.26 Å². The molecule has 1 aromatic carbocycles. The molecule has 1 aliphatic heterocycles. The van der Waals surface area contributed by atoms with Crippen molar-refractivity contribution in [2.45, 2.75) is 24.8 Å². The van der Waals surface area contributed by atoms with E-state index in [1.807, 2.05) is 12.1 Å². The van der Waals surface area contributed by atoms with Crippen molar-refractivity contribution < 1.29 is 9.47 Å². The lowest BCUT2D eigenvalue weighted by Crippen LogP contribution is -2.52. The molecule has 1 aromatic rings. The van der Waals surface area contributed by atoms with E-state index in [4.69, 9.17) is 9.47 Å². The summed E-state index contributed by atoms with van der Waals surface area (Å²) in [4.78, 5) is 2.29. The van der Waals surface area contributed by atoms with Gasteiger partial charge in [0, 0.05) is 13.1 Å². The number of morpholine rings is 1. The van der Waals surface area contributed by atoms with Gasteiger partial charge in [-0.1, -0.05) is 6.07 Å². The molecule has 2 aliphatic rings. The lowest BCUT2D eigenvalue weighted by molar-refractivity contribution is -0.0105. The van der Waals surface area contributed by atoms with Crippen LogP contribution in [0.1, 0.15) is 24.0 Å². The molecule has 4 nitrogen and oxygen atoms in total. The highest BCUT2D eigenvalue weighted by molar-refractivity contribution is 5.45. The van der Waals surface area contributed by atoms with Crippen LogP contribution in [0.15, 0.2) is 18.2 Å². The van der Waals surface area contributed by atoms with E-state index in [1.54, 1.807) is 7.11 Å². The van der Waals surface area contributed by atoms with E-state index in [0.717, 1.165) is 43.7 Å². The molecule has 1 aliphatic carbocycles. The van der Waals surface area contributed by atoms with Gasteiger partial charge in [-0.15, -0.1) is 0 Å². The maximum Gasteiger partial charge on any atom is 0.135 e. The number of hydrogen-bond donors (Lipinski definition) is 0. The van der Waals surface area contributed by atoms with Crippen LogP contribution in [-0.2, 0) is 16.7 Å². The van der Waals surface area contributed by atoms with E-state index in [0.29, 0.717) is 13.2 Å². The van der Waals surface area contributed by atoms with Gasteiger partial charge in [0.05, 0.1) is 26.4 Å². The first kappa shape index (κ1) is 13.4. The fourth-order valence-electron chi connectivity index (χ4n) is 3.42. The number of benzene rings is 1. The van der Waals surface area contributed by atoms with E-state index < -0.39 is 5.54 Å². The van der Waals surface area contributed by atoms with Crippen molar-refractivity contribution in [2.24, 2.45) is 0 Å². The highest BCUT2D eigenvalue weighted by atomic mass is 16.5. The number of aryl methyl sites for hydroxylation is 1. The molecule has 0 radical (unpaired) electrons. The molecule has 0 bridgehead atoms. The van der Waals surface area contributed by atoms with E-state index >= 15 is 0 Å². The Bertz CT molecular complexity index is 532. The Morgan fingerprint density at radius 1 is 1.35 bits per heavy atom. The molecular formula is C16H20N2O2. The van der Waals surface area contributed by atoms with Crippen molar-refractivity contribution in [3.8, 4) is 11.8 Å². The number of methoxy groups -OCH3 is 1. The molecular weight excluding hydrogens is 252 g/mol.